The third kappa shape index (κ3) is 5.37. The van der Waals surface area contributed by atoms with E-state index in [2.05, 4.69) is 18.8 Å². The molecule has 0 aromatic heterocycles. The Bertz CT molecular complexity index is 412. The second kappa shape index (κ2) is 9.37. The quantitative estimate of drug-likeness (QED) is 0.382. The Morgan fingerprint density at radius 1 is 1.29 bits per heavy atom. The van der Waals surface area contributed by atoms with Crippen molar-refractivity contribution < 1.29 is 14.3 Å². The highest BCUT2D eigenvalue weighted by atomic mass is 16.5. The molecule has 0 radical (unpaired) electrons. The molecule has 0 aromatic carbocycles. The first-order chi connectivity index (χ1) is 10.1. The van der Waals surface area contributed by atoms with Crippen LogP contribution in [-0.2, 0) is 14.3 Å². The van der Waals surface area contributed by atoms with Gasteiger partial charge in [0.25, 0.3) is 5.91 Å². The lowest BCUT2D eigenvalue weighted by Crippen LogP contribution is -2.29. The second-order valence-electron chi connectivity index (χ2n) is 5.49. The fraction of sp³-hybridized carbons (Fsp3) is 0.647. The molecule has 1 aliphatic heterocycles. The summed E-state index contributed by atoms with van der Waals surface area (Å²) in [5.41, 5.74) is 0.933. The molecule has 0 fully saturated rings. The van der Waals surface area contributed by atoms with Gasteiger partial charge in [0.2, 0.25) is 0 Å². The molecule has 21 heavy (non-hydrogen) atoms. The predicted octanol–water partition coefficient (Wildman–Crippen LogP) is 3.28. The lowest BCUT2D eigenvalue weighted by atomic mass is 9.99. The van der Waals surface area contributed by atoms with E-state index < -0.39 is 0 Å². The lowest BCUT2D eigenvalue weighted by Gasteiger charge is -2.13. The number of carbonyl (C=O) groups is 2. The molecule has 1 aliphatic rings. The molecular formula is C17H27NO3. The van der Waals surface area contributed by atoms with Crippen LogP contribution < -0.4 is 5.32 Å². The first-order valence-corrected chi connectivity index (χ1v) is 7.92. The Kier molecular flexibility index (Phi) is 7.80. The van der Waals surface area contributed by atoms with Gasteiger partial charge < -0.3 is 10.1 Å². The average Bonchev–Trinajstić information content (AvgIpc) is 2.75. The summed E-state index contributed by atoms with van der Waals surface area (Å²) in [6.07, 6.45) is 9.02. The molecule has 0 spiro atoms. The largest absolute Gasteiger partial charge is 0.454 e. The molecule has 0 saturated carbocycles. The molecule has 1 atom stereocenters. The fourth-order valence-corrected chi connectivity index (χ4v) is 2.52. The summed E-state index contributed by atoms with van der Waals surface area (Å²) < 4.78 is 5.32. The van der Waals surface area contributed by atoms with Crippen molar-refractivity contribution in [1.29, 1.82) is 0 Å². The van der Waals surface area contributed by atoms with Crippen LogP contribution in [0.15, 0.2) is 23.8 Å². The van der Waals surface area contributed by atoms with Gasteiger partial charge in [0.1, 0.15) is 6.10 Å². The Hall–Kier alpha value is -1.58. The number of unbranched alkanes of at least 4 members (excludes halogenated alkanes) is 5. The van der Waals surface area contributed by atoms with Crippen LogP contribution in [0.4, 0.5) is 0 Å². The molecule has 0 aromatic rings. The first kappa shape index (κ1) is 17.5. The molecule has 4 heteroatoms. The summed E-state index contributed by atoms with van der Waals surface area (Å²) >= 11 is 0. The Morgan fingerprint density at radius 2 is 1.95 bits per heavy atom. The van der Waals surface area contributed by atoms with Gasteiger partial charge in [-0.15, -0.1) is 6.58 Å². The summed E-state index contributed by atoms with van der Waals surface area (Å²) in [6, 6.07) is 0. The number of ether oxygens (including phenoxy) is 1. The van der Waals surface area contributed by atoms with Gasteiger partial charge in [-0.25, -0.2) is 4.79 Å². The highest BCUT2D eigenvalue weighted by molar-refractivity contribution is 6.06. The highest BCUT2D eigenvalue weighted by Gasteiger charge is 2.34. The van der Waals surface area contributed by atoms with Gasteiger partial charge in [0.15, 0.2) is 0 Å². The Balaban J connectivity index is 2.47. The third-order valence-corrected chi connectivity index (χ3v) is 3.75. The minimum absolute atomic E-state index is 0.214. The molecule has 0 aliphatic carbocycles. The summed E-state index contributed by atoms with van der Waals surface area (Å²) in [5, 5.41) is 2.73. The van der Waals surface area contributed by atoms with E-state index in [4.69, 9.17) is 4.74 Å². The van der Waals surface area contributed by atoms with E-state index >= 15 is 0 Å². The summed E-state index contributed by atoms with van der Waals surface area (Å²) in [5.74, 6) is -0.580. The van der Waals surface area contributed by atoms with Crippen LogP contribution >= 0.6 is 0 Å². The van der Waals surface area contributed by atoms with Crippen molar-refractivity contribution in [3.8, 4) is 0 Å². The van der Waals surface area contributed by atoms with Crippen molar-refractivity contribution in [3.05, 3.63) is 23.8 Å². The van der Waals surface area contributed by atoms with Crippen molar-refractivity contribution in [3.63, 3.8) is 0 Å². The van der Waals surface area contributed by atoms with E-state index in [1.807, 2.05) is 0 Å². The van der Waals surface area contributed by atoms with Crippen molar-refractivity contribution >= 4 is 11.9 Å². The van der Waals surface area contributed by atoms with E-state index in [1.165, 1.54) is 25.7 Å². The maximum atomic E-state index is 12.1. The molecular weight excluding hydrogens is 266 g/mol. The van der Waals surface area contributed by atoms with Crippen LogP contribution in [0, 0.1) is 0 Å². The number of cyclic esters (lactones) is 1. The van der Waals surface area contributed by atoms with E-state index in [0.29, 0.717) is 17.7 Å². The van der Waals surface area contributed by atoms with E-state index in [-0.39, 0.29) is 18.0 Å². The molecule has 1 rings (SSSR count). The van der Waals surface area contributed by atoms with Crippen molar-refractivity contribution in [2.24, 2.45) is 0 Å². The standard InChI is InChI=1S/C17H27NO3/c1-4-6-7-8-9-10-11-14-15(13(3)17(20)21-14)16(19)18-12-5-2/h5,14H,2,4,6-12H2,1,3H3,(H,18,19). The third-order valence-electron chi connectivity index (χ3n) is 3.75. The van der Waals surface area contributed by atoms with E-state index in [0.717, 1.165) is 19.3 Å². The van der Waals surface area contributed by atoms with E-state index in [9.17, 15) is 9.59 Å². The van der Waals surface area contributed by atoms with Crippen LogP contribution in [0.25, 0.3) is 0 Å². The maximum absolute atomic E-state index is 12.1. The molecule has 0 saturated heterocycles. The predicted molar refractivity (Wildman–Crippen MR) is 83.8 cm³/mol. The first-order valence-electron chi connectivity index (χ1n) is 7.92. The van der Waals surface area contributed by atoms with Gasteiger partial charge in [-0.2, -0.15) is 0 Å². The van der Waals surface area contributed by atoms with Crippen molar-refractivity contribution in [2.75, 3.05) is 6.54 Å². The SMILES string of the molecule is C=CCNC(=O)C1=C(C)C(=O)OC1CCCCCCCC. The molecule has 0 bridgehead atoms. The van der Waals surface area contributed by atoms with Gasteiger partial charge in [0.05, 0.1) is 5.57 Å². The molecule has 4 nitrogen and oxygen atoms in total. The molecule has 1 heterocycles. The fourth-order valence-electron chi connectivity index (χ4n) is 2.52. The van der Waals surface area contributed by atoms with Crippen LogP contribution in [0.2, 0.25) is 0 Å². The van der Waals surface area contributed by atoms with Crippen LogP contribution in [-0.4, -0.2) is 24.5 Å². The van der Waals surface area contributed by atoms with Crippen molar-refractivity contribution in [2.45, 2.75) is 64.9 Å². The zero-order valence-electron chi connectivity index (χ0n) is 13.2. The zero-order valence-corrected chi connectivity index (χ0v) is 13.2. The summed E-state index contributed by atoms with van der Waals surface area (Å²) in [4.78, 5) is 23.8. The van der Waals surface area contributed by atoms with Gasteiger partial charge in [-0.05, 0) is 19.8 Å². The van der Waals surface area contributed by atoms with Crippen molar-refractivity contribution in [1.82, 2.24) is 5.32 Å². The number of nitrogens with one attached hydrogen (secondary N) is 1. The number of esters is 1. The van der Waals surface area contributed by atoms with Gasteiger partial charge in [-0.1, -0.05) is 45.1 Å². The topological polar surface area (TPSA) is 55.4 Å². The van der Waals surface area contributed by atoms with Crippen LogP contribution in [0.3, 0.4) is 0 Å². The number of amides is 1. The van der Waals surface area contributed by atoms with Gasteiger partial charge >= 0.3 is 5.97 Å². The summed E-state index contributed by atoms with van der Waals surface area (Å²) in [7, 11) is 0. The Morgan fingerprint density at radius 3 is 2.62 bits per heavy atom. The minimum atomic E-state index is -0.381. The average molecular weight is 293 g/mol. The minimum Gasteiger partial charge on any atom is -0.454 e. The van der Waals surface area contributed by atoms with E-state index in [1.54, 1.807) is 13.0 Å². The smallest absolute Gasteiger partial charge is 0.334 e. The van der Waals surface area contributed by atoms with Gasteiger partial charge in [0, 0.05) is 12.1 Å². The van der Waals surface area contributed by atoms with Crippen LogP contribution in [0.5, 0.6) is 0 Å². The normalized spacial score (nSPS) is 17.8. The molecule has 1 N–H and O–H groups in total. The maximum Gasteiger partial charge on any atom is 0.334 e. The highest BCUT2D eigenvalue weighted by Crippen LogP contribution is 2.26. The number of rotatable bonds is 10. The molecule has 118 valence electrons. The number of hydrogen-bond acceptors (Lipinski definition) is 3. The lowest BCUT2D eigenvalue weighted by molar-refractivity contribution is -0.140. The van der Waals surface area contributed by atoms with Crippen LogP contribution in [0.1, 0.15) is 58.8 Å². The van der Waals surface area contributed by atoms with Gasteiger partial charge in [-0.3, -0.25) is 4.79 Å². The Labute approximate surface area is 127 Å². The number of hydrogen-bond donors (Lipinski definition) is 1. The number of carbonyl (C=O) groups excluding carboxylic acids is 2. The summed E-state index contributed by atoms with van der Waals surface area (Å²) in [6.45, 7) is 7.82. The monoisotopic (exact) mass is 293 g/mol. The molecule has 1 unspecified atom stereocenters. The molecule has 1 amide bonds. The second-order valence-corrected chi connectivity index (χ2v) is 5.49. The zero-order chi connectivity index (χ0) is 15.7.